The molecular formula is C33H41F2N5O2. The summed E-state index contributed by atoms with van der Waals surface area (Å²) in [6.07, 6.45) is 10.5. The lowest BCUT2D eigenvalue weighted by atomic mass is 9.87. The number of pyridine rings is 1. The molecule has 1 atom stereocenters. The fourth-order valence-electron chi connectivity index (χ4n) is 5.25. The number of allylic oxidation sites excluding steroid dienone is 4. The van der Waals surface area contributed by atoms with Gasteiger partial charge in [0.1, 0.15) is 12.2 Å². The van der Waals surface area contributed by atoms with E-state index in [4.69, 9.17) is 14.5 Å². The minimum Gasteiger partial charge on any atom is -0.479 e. The zero-order valence-electron chi connectivity index (χ0n) is 25.8. The molecule has 0 amide bonds. The number of ether oxygens (including phenoxy) is 2. The Kier molecular flexibility index (Phi) is 9.28. The highest BCUT2D eigenvalue weighted by Crippen LogP contribution is 2.47. The van der Waals surface area contributed by atoms with Gasteiger partial charge in [0.2, 0.25) is 11.8 Å². The third kappa shape index (κ3) is 6.30. The third-order valence-electron chi connectivity index (χ3n) is 7.48. The topological polar surface area (TPSA) is 75.0 Å². The van der Waals surface area contributed by atoms with Gasteiger partial charge in [-0.15, -0.1) is 5.10 Å². The quantitative estimate of drug-likeness (QED) is 0.243. The largest absolute Gasteiger partial charge is 0.479 e. The summed E-state index contributed by atoms with van der Waals surface area (Å²) in [5.74, 6) is -1.07. The van der Waals surface area contributed by atoms with Gasteiger partial charge in [0, 0.05) is 49.3 Å². The number of rotatable bonds is 10. The number of hydrogen-bond acceptors (Lipinski definition) is 6. The first-order valence-corrected chi connectivity index (χ1v) is 14.5. The Bertz CT molecular complexity index is 1510. The normalized spacial score (nSPS) is 16.5. The van der Waals surface area contributed by atoms with Crippen LogP contribution in [0.25, 0.3) is 23.0 Å². The number of hydrogen-bond donors (Lipinski definition) is 0. The minimum absolute atomic E-state index is 0.0430. The van der Waals surface area contributed by atoms with E-state index in [9.17, 15) is 8.78 Å². The van der Waals surface area contributed by atoms with Crippen LogP contribution >= 0.6 is 0 Å². The van der Waals surface area contributed by atoms with Gasteiger partial charge in [0.05, 0.1) is 24.1 Å². The van der Waals surface area contributed by atoms with Crippen molar-refractivity contribution in [2.75, 3.05) is 7.11 Å². The molecule has 2 aliphatic carbocycles. The lowest BCUT2D eigenvalue weighted by Gasteiger charge is -2.19. The fraction of sp³-hybridized carbons (Fsp3) is 0.455. The number of nitrogens with zero attached hydrogens (tertiary/aromatic N) is 5. The Balaban J connectivity index is 0.00000198. The fourth-order valence-corrected chi connectivity index (χ4v) is 5.25. The molecule has 1 saturated carbocycles. The highest BCUT2D eigenvalue weighted by Gasteiger charge is 2.35. The van der Waals surface area contributed by atoms with E-state index >= 15 is 0 Å². The summed E-state index contributed by atoms with van der Waals surface area (Å²) in [6, 6.07) is 1.98. The smallest absolute Gasteiger partial charge is 0.270 e. The molecule has 42 heavy (non-hydrogen) atoms. The van der Waals surface area contributed by atoms with Crippen LogP contribution in [-0.4, -0.2) is 37.8 Å². The van der Waals surface area contributed by atoms with Gasteiger partial charge in [-0.05, 0) is 49.0 Å². The molecule has 1 fully saturated rings. The predicted molar refractivity (Wildman–Crippen MR) is 163 cm³/mol. The second kappa shape index (κ2) is 12.5. The van der Waals surface area contributed by atoms with Crippen LogP contribution in [0.2, 0.25) is 0 Å². The standard InChI is InChI=1S/C31H35F2N5O2.C2H6/c1-8-20-15-35-28(25-27(21-9-10-21)38(6)37-30(25)39-7)36-29(20)40-16-19-11-18(4)26(34-14-19)24-13-22(31(5,32)33)12-23(24)17(2)3;1-2/h8,11-15,17,21,23H,1,9-10,16H2,2-7H3;1-2H3. The van der Waals surface area contributed by atoms with Crippen molar-refractivity contribution < 1.29 is 18.3 Å². The maximum Gasteiger partial charge on any atom is 0.270 e. The van der Waals surface area contributed by atoms with E-state index in [1.165, 1.54) is 0 Å². The SMILES string of the molecule is C=Cc1cnc(-c2c(OC)nn(C)c2C2CC2)nc1OCc1cnc(C2=CC(C(C)(F)F)=CC2C(C)C)c(C)c1.CC. The van der Waals surface area contributed by atoms with E-state index in [0.29, 0.717) is 29.1 Å². The zero-order chi connectivity index (χ0) is 30.8. The summed E-state index contributed by atoms with van der Waals surface area (Å²) in [4.78, 5) is 14.0. The van der Waals surface area contributed by atoms with Crippen LogP contribution in [0.1, 0.15) is 81.5 Å². The zero-order valence-corrected chi connectivity index (χ0v) is 25.8. The van der Waals surface area contributed by atoms with Crippen LogP contribution < -0.4 is 9.47 Å². The molecule has 0 radical (unpaired) electrons. The Morgan fingerprint density at radius 1 is 1.17 bits per heavy atom. The predicted octanol–water partition coefficient (Wildman–Crippen LogP) is 7.97. The highest BCUT2D eigenvalue weighted by atomic mass is 19.3. The van der Waals surface area contributed by atoms with E-state index in [2.05, 4.69) is 21.6 Å². The number of alkyl halides is 2. The van der Waals surface area contributed by atoms with Crippen molar-refractivity contribution >= 4 is 11.6 Å². The summed E-state index contributed by atoms with van der Waals surface area (Å²) in [5, 5.41) is 4.51. The monoisotopic (exact) mass is 577 g/mol. The molecule has 0 aliphatic heterocycles. The Hall–Kier alpha value is -3.88. The minimum atomic E-state index is -2.89. The molecule has 0 aromatic carbocycles. The molecule has 3 aromatic heterocycles. The van der Waals surface area contributed by atoms with E-state index in [1.54, 1.807) is 37.7 Å². The molecule has 1 unspecified atom stereocenters. The first-order valence-electron chi connectivity index (χ1n) is 14.5. The van der Waals surface area contributed by atoms with E-state index < -0.39 is 5.92 Å². The van der Waals surface area contributed by atoms with Crippen LogP contribution in [0.15, 0.2) is 42.8 Å². The van der Waals surface area contributed by atoms with Gasteiger partial charge < -0.3 is 9.47 Å². The first-order chi connectivity index (χ1) is 20.0. The van der Waals surface area contributed by atoms with E-state index in [0.717, 1.165) is 53.4 Å². The molecule has 7 nitrogen and oxygen atoms in total. The maximum absolute atomic E-state index is 14.1. The van der Waals surface area contributed by atoms with Gasteiger partial charge in [-0.2, -0.15) is 4.98 Å². The Morgan fingerprint density at radius 2 is 1.88 bits per heavy atom. The second-order valence-electron chi connectivity index (χ2n) is 11.0. The summed E-state index contributed by atoms with van der Waals surface area (Å²) in [5.41, 5.74) is 5.83. The highest BCUT2D eigenvalue weighted by molar-refractivity contribution is 5.75. The van der Waals surface area contributed by atoms with E-state index in [1.807, 2.05) is 52.4 Å². The molecule has 224 valence electrons. The lowest BCUT2D eigenvalue weighted by molar-refractivity contribution is 0.0674. The molecule has 0 N–H and O–H groups in total. The van der Waals surface area contributed by atoms with Crippen molar-refractivity contribution in [2.24, 2.45) is 18.9 Å². The molecule has 2 aliphatic rings. The molecular weight excluding hydrogens is 536 g/mol. The summed E-state index contributed by atoms with van der Waals surface area (Å²) in [7, 11) is 3.50. The average Bonchev–Trinajstić information content (AvgIpc) is 3.59. The molecule has 5 rings (SSSR count). The lowest BCUT2D eigenvalue weighted by Crippen LogP contribution is -2.11. The Morgan fingerprint density at radius 3 is 2.45 bits per heavy atom. The van der Waals surface area contributed by atoms with Gasteiger partial charge in [0.25, 0.3) is 5.92 Å². The first kappa shape index (κ1) is 31.1. The molecule has 0 spiro atoms. The van der Waals surface area contributed by atoms with Crippen LogP contribution in [0.4, 0.5) is 8.78 Å². The van der Waals surface area contributed by atoms with Gasteiger partial charge in [-0.1, -0.05) is 46.4 Å². The van der Waals surface area contributed by atoms with Crippen molar-refractivity contribution in [1.29, 1.82) is 0 Å². The number of aromatic nitrogens is 5. The average molecular weight is 578 g/mol. The summed E-state index contributed by atoms with van der Waals surface area (Å²) < 4.78 is 41.8. The molecule has 9 heteroatoms. The van der Waals surface area contributed by atoms with Crippen LogP contribution in [0.3, 0.4) is 0 Å². The van der Waals surface area contributed by atoms with Gasteiger partial charge in [0.15, 0.2) is 5.82 Å². The molecule has 0 bridgehead atoms. The van der Waals surface area contributed by atoms with Crippen LogP contribution in [0, 0.1) is 18.8 Å². The van der Waals surface area contributed by atoms with Crippen LogP contribution in [-0.2, 0) is 13.7 Å². The number of methoxy groups -OCH3 is 1. The number of halogens is 2. The van der Waals surface area contributed by atoms with Crippen molar-refractivity contribution in [3.63, 3.8) is 0 Å². The summed E-state index contributed by atoms with van der Waals surface area (Å²) in [6.45, 7) is 15.0. The van der Waals surface area contributed by atoms with Crippen molar-refractivity contribution in [2.45, 2.75) is 72.8 Å². The molecule has 0 saturated heterocycles. The molecule has 3 aromatic rings. The van der Waals surface area contributed by atoms with Crippen molar-refractivity contribution in [3.05, 3.63) is 70.8 Å². The van der Waals surface area contributed by atoms with Crippen molar-refractivity contribution in [3.8, 4) is 23.1 Å². The van der Waals surface area contributed by atoms with Gasteiger partial charge >= 0.3 is 0 Å². The summed E-state index contributed by atoms with van der Waals surface area (Å²) >= 11 is 0. The van der Waals surface area contributed by atoms with E-state index in [-0.39, 0.29) is 24.0 Å². The number of aryl methyl sites for hydroxylation is 2. The second-order valence-corrected chi connectivity index (χ2v) is 11.0. The van der Waals surface area contributed by atoms with Gasteiger partial charge in [-0.25, -0.2) is 13.8 Å². The van der Waals surface area contributed by atoms with Crippen molar-refractivity contribution in [1.82, 2.24) is 24.7 Å². The van der Waals surface area contributed by atoms with Crippen LogP contribution in [0.5, 0.6) is 11.8 Å². The maximum atomic E-state index is 14.1. The third-order valence-corrected chi connectivity index (χ3v) is 7.48. The molecule has 3 heterocycles. The van der Waals surface area contributed by atoms with Gasteiger partial charge in [-0.3, -0.25) is 9.67 Å². The Labute approximate surface area is 247 Å².